The molecule has 0 saturated carbocycles. The van der Waals surface area contributed by atoms with Crippen molar-refractivity contribution in [2.75, 3.05) is 0 Å². The number of hydrogen-bond donors (Lipinski definition) is 2. The molecule has 102 valence electrons. The number of halogens is 6. The van der Waals surface area contributed by atoms with Crippen LogP contribution in [-0.4, -0.2) is 17.4 Å². The zero-order valence-electron chi connectivity index (χ0n) is 8.76. The molecule has 2 unspecified atom stereocenters. The van der Waals surface area contributed by atoms with Crippen LogP contribution >= 0.6 is 0 Å². The molecule has 0 radical (unpaired) electrons. The van der Waals surface area contributed by atoms with Crippen molar-refractivity contribution in [3.63, 3.8) is 0 Å². The summed E-state index contributed by atoms with van der Waals surface area (Å²) in [6.45, 7) is 0. The van der Waals surface area contributed by atoms with E-state index in [1.165, 1.54) is 0 Å². The molecule has 0 aliphatic rings. The highest BCUT2D eigenvalue weighted by Gasteiger charge is 2.43. The zero-order chi connectivity index (χ0) is 14.1. The van der Waals surface area contributed by atoms with Gasteiger partial charge in [-0.2, -0.15) is 26.3 Å². The molecule has 2 nitrogen and oxygen atoms in total. The number of alkyl halides is 6. The predicted octanol–water partition coefficient (Wildman–Crippen LogP) is 2.63. The third kappa shape index (κ3) is 3.36. The van der Waals surface area contributed by atoms with E-state index in [0.29, 0.717) is 12.1 Å². The van der Waals surface area contributed by atoms with Crippen molar-refractivity contribution in [2.24, 2.45) is 5.73 Å². The van der Waals surface area contributed by atoms with Gasteiger partial charge in [0.25, 0.3) is 0 Å². The van der Waals surface area contributed by atoms with E-state index in [0.717, 1.165) is 12.1 Å². The Balaban J connectivity index is 3.04. The van der Waals surface area contributed by atoms with Crippen LogP contribution in [0.5, 0.6) is 0 Å². The Bertz CT molecular complexity index is 414. The standard InChI is InChI=1S/C10H9F6NO/c11-9(12,13)6-3-1-2-5(4-6)7(17)8(18)10(14,15)16/h1-4,7-8,18H,17H2. The van der Waals surface area contributed by atoms with Crippen molar-refractivity contribution in [1.82, 2.24) is 0 Å². The Hall–Kier alpha value is -1.28. The van der Waals surface area contributed by atoms with Gasteiger partial charge in [-0.3, -0.25) is 0 Å². The second kappa shape index (κ2) is 4.77. The van der Waals surface area contributed by atoms with Crippen LogP contribution in [-0.2, 0) is 6.18 Å². The largest absolute Gasteiger partial charge is 0.416 e. The summed E-state index contributed by atoms with van der Waals surface area (Å²) in [6, 6.07) is 1.15. The van der Waals surface area contributed by atoms with E-state index >= 15 is 0 Å². The first-order valence-electron chi connectivity index (χ1n) is 4.71. The van der Waals surface area contributed by atoms with Gasteiger partial charge in [-0.05, 0) is 17.7 Å². The van der Waals surface area contributed by atoms with Crippen LogP contribution in [0.1, 0.15) is 17.2 Å². The number of aliphatic hydroxyl groups is 1. The summed E-state index contributed by atoms with van der Waals surface area (Å²) in [4.78, 5) is 0. The summed E-state index contributed by atoms with van der Waals surface area (Å²) in [7, 11) is 0. The Labute approximate surface area is 98.0 Å². The molecule has 0 spiro atoms. The third-order valence-corrected chi connectivity index (χ3v) is 2.27. The molecule has 0 saturated heterocycles. The molecular weight excluding hydrogens is 264 g/mol. The molecule has 0 aliphatic heterocycles. The Morgan fingerprint density at radius 2 is 1.61 bits per heavy atom. The number of hydrogen-bond acceptors (Lipinski definition) is 2. The van der Waals surface area contributed by atoms with E-state index in [4.69, 9.17) is 10.8 Å². The first-order chi connectivity index (χ1) is 8.03. The second-order valence-corrected chi connectivity index (χ2v) is 3.64. The fourth-order valence-corrected chi connectivity index (χ4v) is 1.31. The molecular formula is C10H9F6NO. The van der Waals surface area contributed by atoms with Crippen LogP contribution in [0.15, 0.2) is 24.3 Å². The highest BCUT2D eigenvalue weighted by Crippen LogP contribution is 2.33. The average Bonchev–Trinajstić information content (AvgIpc) is 2.25. The van der Waals surface area contributed by atoms with E-state index in [1.807, 2.05) is 0 Å². The van der Waals surface area contributed by atoms with Gasteiger partial charge in [-0.25, -0.2) is 0 Å². The Morgan fingerprint density at radius 1 is 1.06 bits per heavy atom. The van der Waals surface area contributed by atoms with Gasteiger partial charge < -0.3 is 10.8 Å². The fourth-order valence-electron chi connectivity index (χ4n) is 1.31. The molecule has 0 bridgehead atoms. The zero-order valence-corrected chi connectivity index (χ0v) is 8.76. The molecule has 8 heteroatoms. The number of nitrogens with two attached hydrogens (primary N) is 1. The number of rotatable bonds is 2. The Morgan fingerprint density at radius 3 is 2.06 bits per heavy atom. The number of benzene rings is 1. The van der Waals surface area contributed by atoms with E-state index in [9.17, 15) is 26.3 Å². The van der Waals surface area contributed by atoms with Crippen molar-refractivity contribution in [3.05, 3.63) is 35.4 Å². The molecule has 1 rings (SSSR count). The first-order valence-corrected chi connectivity index (χ1v) is 4.71. The predicted molar refractivity (Wildman–Crippen MR) is 50.4 cm³/mol. The lowest BCUT2D eigenvalue weighted by atomic mass is 9.99. The van der Waals surface area contributed by atoms with Gasteiger partial charge in [0.2, 0.25) is 0 Å². The summed E-state index contributed by atoms with van der Waals surface area (Å²) >= 11 is 0. The van der Waals surface area contributed by atoms with Crippen molar-refractivity contribution in [3.8, 4) is 0 Å². The lowest BCUT2D eigenvalue weighted by molar-refractivity contribution is -0.210. The van der Waals surface area contributed by atoms with E-state index in [1.54, 1.807) is 0 Å². The van der Waals surface area contributed by atoms with Gasteiger partial charge in [-0.15, -0.1) is 0 Å². The summed E-state index contributed by atoms with van der Waals surface area (Å²) in [5.41, 5.74) is 3.54. The number of aliphatic hydroxyl groups excluding tert-OH is 1. The minimum absolute atomic E-state index is 0.436. The topological polar surface area (TPSA) is 46.2 Å². The van der Waals surface area contributed by atoms with Crippen LogP contribution in [0.3, 0.4) is 0 Å². The molecule has 18 heavy (non-hydrogen) atoms. The monoisotopic (exact) mass is 273 g/mol. The lowest BCUT2D eigenvalue weighted by Crippen LogP contribution is -2.38. The average molecular weight is 273 g/mol. The third-order valence-electron chi connectivity index (χ3n) is 2.27. The fraction of sp³-hybridized carbons (Fsp3) is 0.400. The van der Waals surface area contributed by atoms with Crippen LogP contribution in [0.25, 0.3) is 0 Å². The minimum atomic E-state index is -4.99. The molecule has 0 aromatic heterocycles. The smallest absolute Gasteiger partial charge is 0.382 e. The maximum atomic E-state index is 12.3. The summed E-state index contributed by atoms with van der Waals surface area (Å²) < 4.78 is 73.5. The maximum Gasteiger partial charge on any atom is 0.416 e. The van der Waals surface area contributed by atoms with Crippen molar-refractivity contribution >= 4 is 0 Å². The molecule has 0 fully saturated rings. The first kappa shape index (κ1) is 14.8. The van der Waals surface area contributed by atoms with Crippen LogP contribution < -0.4 is 5.73 Å². The second-order valence-electron chi connectivity index (χ2n) is 3.64. The molecule has 0 aliphatic carbocycles. The molecule has 0 heterocycles. The summed E-state index contributed by atoms with van der Waals surface area (Å²) in [5.74, 6) is 0. The molecule has 1 aromatic rings. The molecule has 1 aromatic carbocycles. The van der Waals surface area contributed by atoms with Crippen LogP contribution in [0.2, 0.25) is 0 Å². The molecule has 2 atom stereocenters. The molecule has 3 N–H and O–H groups in total. The van der Waals surface area contributed by atoms with Gasteiger partial charge in [0.15, 0.2) is 6.10 Å². The van der Waals surface area contributed by atoms with E-state index in [2.05, 4.69) is 0 Å². The summed E-state index contributed by atoms with van der Waals surface area (Å²) in [6.07, 6.45) is -12.6. The minimum Gasteiger partial charge on any atom is -0.382 e. The highest BCUT2D eigenvalue weighted by atomic mass is 19.4. The van der Waals surface area contributed by atoms with Crippen molar-refractivity contribution in [1.29, 1.82) is 0 Å². The maximum absolute atomic E-state index is 12.3. The highest BCUT2D eigenvalue weighted by molar-refractivity contribution is 5.28. The van der Waals surface area contributed by atoms with Crippen LogP contribution in [0, 0.1) is 0 Å². The van der Waals surface area contributed by atoms with Crippen molar-refractivity contribution < 1.29 is 31.4 Å². The lowest BCUT2D eigenvalue weighted by Gasteiger charge is -2.22. The van der Waals surface area contributed by atoms with E-state index < -0.39 is 35.6 Å². The molecule has 0 amide bonds. The van der Waals surface area contributed by atoms with Crippen molar-refractivity contribution in [2.45, 2.75) is 24.5 Å². The van der Waals surface area contributed by atoms with Gasteiger partial charge in [-0.1, -0.05) is 12.1 Å². The normalized spacial score (nSPS) is 16.4. The van der Waals surface area contributed by atoms with Gasteiger partial charge in [0.05, 0.1) is 11.6 Å². The quantitative estimate of drug-likeness (QED) is 0.814. The SMILES string of the molecule is NC(c1cccc(C(F)(F)F)c1)C(O)C(F)(F)F. The van der Waals surface area contributed by atoms with Gasteiger partial charge in [0.1, 0.15) is 0 Å². The van der Waals surface area contributed by atoms with E-state index in [-0.39, 0.29) is 0 Å². The Kier molecular flexibility index (Phi) is 3.92. The van der Waals surface area contributed by atoms with Gasteiger partial charge >= 0.3 is 12.4 Å². The van der Waals surface area contributed by atoms with Gasteiger partial charge in [0, 0.05) is 0 Å². The van der Waals surface area contributed by atoms with Crippen LogP contribution in [0.4, 0.5) is 26.3 Å². The summed E-state index contributed by atoms with van der Waals surface area (Å²) in [5, 5.41) is 8.87.